The molecule has 0 saturated heterocycles. The molecule has 1 unspecified atom stereocenters. The third kappa shape index (κ3) is 3.58. The first-order valence-electron chi connectivity index (χ1n) is 6.29. The van der Waals surface area contributed by atoms with Gasteiger partial charge in [-0.1, -0.05) is 53.5 Å². The molecule has 0 bridgehead atoms. The Morgan fingerprint density at radius 1 is 1.16 bits per heavy atom. The van der Waals surface area contributed by atoms with Crippen LogP contribution in [0, 0.1) is 5.82 Å². The van der Waals surface area contributed by atoms with Crippen molar-refractivity contribution >= 4 is 27.5 Å². The fraction of sp³-hybridized carbons (Fsp3) is 0.250. The molecule has 0 amide bonds. The first kappa shape index (κ1) is 14.5. The van der Waals surface area contributed by atoms with Gasteiger partial charge in [-0.05, 0) is 35.7 Å². The SMILES string of the molecule is CCCc1ccc(C(Cl)c2cc(Br)ccc2F)cc1. The van der Waals surface area contributed by atoms with Crippen LogP contribution in [0.1, 0.15) is 35.4 Å². The van der Waals surface area contributed by atoms with E-state index in [1.54, 1.807) is 12.1 Å². The molecule has 0 aliphatic carbocycles. The van der Waals surface area contributed by atoms with E-state index in [0.29, 0.717) is 5.56 Å². The maximum atomic E-state index is 13.8. The molecule has 2 aromatic carbocycles. The Labute approximate surface area is 126 Å². The summed E-state index contributed by atoms with van der Waals surface area (Å²) >= 11 is 9.72. The molecule has 0 saturated carbocycles. The van der Waals surface area contributed by atoms with Gasteiger partial charge in [-0.25, -0.2) is 4.39 Å². The Bertz CT molecular complexity index is 551. The maximum absolute atomic E-state index is 13.8. The number of aryl methyl sites for hydroxylation is 1. The van der Waals surface area contributed by atoms with Gasteiger partial charge >= 0.3 is 0 Å². The van der Waals surface area contributed by atoms with E-state index in [2.05, 4.69) is 35.0 Å². The van der Waals surface area contributed by atoms with Gasteiger partial charge in [0.1, 0.15) is 5.82 Å². The van der Waals surface area contributed by atoms with Crippen LogP contribution in [0.5, 0.6) is 0 Å². The largest absolute Gasteiger partial charge is 0.207 e. The number of rotatable bonds is 4. The van der Waals surface area contributed by atoms with Gasteiger partial charge < -0.3 is 0 Å². The molecule has 2 rings (SSSR count). The summed E-state index contributed by atoms with van der Waals surface area (Å²) in [6.45, 7) is 2.15. The zero-order chi connectivity index (χ0) is 13.8. The summed E-state index contributed by atoms with van der Waals surface area (Å²) < 4.78 is 14.6. The average Bonchev–Trinajstić information content (AvgIpc) is 2.42. The second kappa shape index (κ2) is 6.53. The van der Waals surface area contributed by atoms with Crippen LogP contribution in [0.15, 0.2) is 46.9 Å². The Kier molecular flexibility index (Phi) is 5.00. The second-order valence-electron chi connectivity index (χ2n) is 4.52. The minimum Gasteiger partial charge on any atom is -0.207 e. The van der Waals surface area contributed by atoms with Gasteiger partial charge in [-0.15, -0.1) is 11.6 Å². The van der Waals surface area contributed by atoms with Gasteiger partial charge in [0.15, 0.2) is 0 Å². The van der Waals surface area contributed by atoms with E-state index in [0.717, 1.165) is 22.9 Å². The molecular weight excluding hydrogens is 327 g/mol. The highest BCUT2D eigenvalue weighted by atomic mass is 79.9. The molecule has 0 fully saturated rings. The highest BCUT2D eigenvalue weighted by Crippen LogP contribution is 2.32. The Hall–Kier alpha value is -0.860. The standard InChI is InChI=1S/C16H15BrClF/c1-2-3-11-4-6-12(7-5-11)16(18)14-10-13(17)8-9-15(14)19/h4-10,16H,2-3H2,1H3. The van der Waals surface area contributed by atoms with Crippen molar-refractivity contribution in [1.29, 1.82) is 0 Å². The van der Waals surface area contributed by atoms with Gasteiger partial charge in [0, 0.05) is 10.0 Å². The summed E-state index contributed by atoms with van der Waals surface area (Å²) in [6, 6.07) is 12.9. The first-order valence-corrected chi connectivity index (χ1v) is 7.52. The zero-order valence-electron chi connectivity index (χ0n) is 10.7. The molecule has 100 valence electrons. The molecular formula is C16H15BrClF. The molecule has 0 heterocycles. The van der Waals surface area contributed by atoms with Crippen LogP contribution >= 0.6 is 27.5 Å². The van der Waals surface area contributed by atoms with Crippen molar-refractivity contribution in [1.82, 2.24) is 0 Å². The van der Waals surface area contributed by atoms with E-state index >= 15 is 0 Å². The summed E-state index contributed by atoms with van der Waals surface area (Å²) in [5, 5.41) is -0.465. The molecule has 0 aliphatic rings. The lowest BCUT2D eigenvalue weighted by Crippen LogP contribution is -1.97. The topological polar surface area (TPSA) is 0 Å². The number of halogens is 3. The lowest BCUT2D eigenvalue weighted by atomic mass is 10.0. The number of hydrogen-bond acceptors (Lipinski definition) is 0. The molecule has 19 heavy (non-hydrogen) atoms. The van der Waals surface area contributed by atoms with Crippen molar-refractivity contribution in [2.45, 2.75) is 25.1 Å². The van der Waals surface area contributed by atoms with Gasteiger partial charge in [0.2, 0.25) is 0 Å². The van der Waals surface area contributed by atoms with Crippen molar-refractivity contribution in [3.8, 4) is 0 Å². The van der Waals surface area contributed by atoms with E-state index in [1.165, 1.54) is 11.6 Å². The maximum Gasteiger partial charge on any atom is 0.128 e. The van der Waals surface area contributed by atoms with E-state index in [9.17, 15) is 4.39 Å². The van der Waals surface area contributed by atoms with Crippen LogP contribution in [0.25, 0.3) is 0 Å². The highest BCUT2D eigenvalue weighted by Gasteiger charge is 2.15. The van der Waals surface area contributed by atoms with Gasteiger partial charge in [0.25, 0.3) is 0 Å². The second-order valence-corrected chi connectivity index (χ2v) is 5.87. The number of benzene rings is 2. The zero-order valence-corrected chi connectivity index (χ0v) is 13.0. The van der Waals surface area contributed by atoms with Crippen molar-refractivity contribution in [3.05, 3.63) is 69.4 Å². The molecule has 1 atom stereocenters. The third-order valence-electron chi connectivity index (χ3n) is 3.04. The van der Waals surface area contributed by atoms with Gasteiger partial charge in [0.05, 0.1) is 5.38 Å². The molecule has 0 aromatic heterocycles. The minimum absolute atomic E-state index is 0.277. The van der Waals surface area contributed by atoms with E-state index < -0.39 is 5.38 Å². The van der Waals surface area contributed by atoms with Crippen molar-refractivity contribution < 1.29 is 4.39 Å². The third-order valence-corrected chi connectivity index (χ3v) is 4.02. The van der Waals surface area contributed by atoms with Crippen molar-refractivity contribution in [2.75, 3.05) is 0 Å². The molecule has 0 spiro atoms. The molecule has 0 aliphatic heterocycles. The monoisotopic (exact) mass is 340 g/mol. The Morgan fingerprint density at radius 3 is 2.47 bits per heavy atom. The van der Waals surface area contributed by atoms with Gasteiger partial charge in [-0.3, -0.25) is 0 Å². The summed E-state index contributed by atoms with van der Waals surface area (Å²) in [6.07, 6.45) is 2.17. The fourth-order valence-electron chi connectivity index (χ4n) is 2.03. The van der Waals surface area contributed by atoms with Crippen LogP contribution in [0.4, 0.5) is 4.39 Å². The Morgan fingerprint density at radius 2 is 1.84 bits per heavy atom. The van der Waals surface area contributed by atoms with Crippen molar-refractivity contribution in [3.63, 3.8) is 0 Å². The summed E-state index contributed by atoms with van der Waals surface area (Å²) in [5.41, 5.74) is 2.70. The van der Waals surface area contributed by atoms with E-state index in [4.69, 9.17) is 11.6 Å². The van der Waals surface area contributed by atoms with Crippen LogP contribution in [-0.4, -0.2) is 0 Å². The van der Waals surface area contributed by atoms with Crippen LogP contribution in [-0.2, 0) is 6.42 Å². The molecule has 2 aromatic rings. The van der Waals surface area contributed by atoms with Crippen molar-refractivity contribution in [2.24, 2.45) is 0 Å². The van der Waals surface area contributed by atoms with E-state index in [-0.39, 0.29) is 5.82 Å². The van der Waals surface area contributed by atoms with Gasteiger partial charge in [-0.2, -0.15) is 0 Å². The minimum atomic E-state index is -0.465. The predicted molar refractivity (Wildman–Crippen MR) is 82.2 cm³/mol. The summed E-state index contributed by atoms with van der Waals surface area (Å²) in [5.74, 6) is -0.277. The molecule has 0 N–H and O–H groups in total. The lowest BCUT2D eigenvalue weighted by Gasteiger charge is -2.12. The number of hydrogen-bond donors (Lipinski definition) is 0. The summed E-state index contributed by atoms with van der Waals surface area (Å²) in [7, 11) is 0. The quantitative estimate of drug-likeness (QED) is 0.610. The Balaban J connectivity index is 2.27. The average molecular weight is 342 g/mol. The summed E-state index contributed by atoms with van der Waals surface area (Å²) in [4.78, 5) is 0. The first-order chi connectivity index (χ1) is 9.11. The highest BCUT2D eigenvalue weighted by molar-refractivity contribution is 9.10. The smallest absolute Gasteiger partial charge is 0.128 e. The van der Waals surface area contributed by atoms with E-state index in [1.807, 2.05) is 12.1 Å². The fourth-order valence-corrected chi connectivity index (χ4v) is 2.72. The predicted octanol–water partition coefficient (Wildman–Crippen LogP) is 5.87. The lowest BCUT2D eigenvalue weighted by molar-refractivity contribution is 0.612. The van der Waals surface area contributed by atoms with Crippen LogP contribution < -0.4 is 0 Å². The molecule has 0 radical (unpaired) electrons. The number of alkyl halides is 1. The van der Waals surface area contributed by atoms with Crippen LogP contribution in [0.3, 0.4) is 0 Å². The molecule has 3 heteroatoms. The van der Waals surface area contributed by atoms with Crippen LogP contribution in [0.2, 0.25) is 0 Å². The molecule has 0 nitrogen and oxygen atoms in total. The normalized spacial score (nSPS) is 12.4.